The van der Waals surface area contributed by atoms with Crippen LogP contribution in [0.5, 0.6) is 0 Å². The lowest BCUT2D eigenvalue weighted by molar-refractivity contribution is 0.0526. The van der Waals surface area contributed by atoms with Gasteiger partial charge in [-0.3, -0.25) is 4.79 Å². The highest BCUT2D eigenvalue weighted by Gasteiger charge is 2.30. The van der Waals surface area contributed by atoms with Crippen LogP contribution in [0.25, 0.3) is 0 Å². The average Bonchev–Trinajstić information content (AvgIpc) is 2.98. The van der Waals surface area contributed by atoms with Crippen LogP contribution in [0.2, 0.25) is 5.02 Å². The molecule has 1 amide bonds. The summed E-state index contributed by atoms with van der Waals surface area (Å²) in [5.74, 6) is -0.00212. The number of carbonyl (C=O) groups is 2. The maximum Gasteiger partial charge on any atom is 0.341 e. The van der Waals surface area contributed by atoms with Gasteiger partial charge in [-0.1, -0.05) is 31.0 Å². The van der Waals surface area contributed by atoms with Crippen molar-refractivity contribution in [1.29, 1.82) is 0 Å². The normalized spacial score (nSPS) is 16.0. The van der Waals surface area contributed by atoms with Crippen molar-refractivity contribution in [1.82, 2.24) is 0 Å². The second kappa shape index (κ2) is 8.23. The zero-order valence-corrected chi connectivity index (χ0v) is 16.5. The number of benzene rings is 1. The van der Waals surface area contributed by atoms with Crippen LogP contribution in [-0.4, -0.2) is 18.5 Å². The van der Waals surface area contributed by atoms with E-state index in [0.29, 0.717) is 33.7 Å². The monoisotopic (exact) mass is 391 g/mol. The first-order valence-corrected chi connectivity index (χ1v) is 10.1. The molecule has 6 heteroatoms. The number of hydrogen-bond donors (Lipinski definition) is 1. The van der Waals surface area contributed by atoms with E-state index in [4.69, 9.17) is 16.3 Å². The van der Waals surface area contributed by atoms with E-state index >= 15 is 0 Å². The van der Waals surface area contributed by atoms with Gasteiger partial charge in [0.1, 0.15) is 5.00 Å². The van der Waals surface area contributed by atoms with Crippen LogP contribution in [0, 0.1) is 5.92 Å². The fourth-order valence-electron chi connectivity index (χ4n) is 3.31. The summed E-state index contributed by atoms with van der Waals surface area (Å²) in [6, 6.07) is 6.76. The lowest BCUT2D eigenvalue weighted by Gasteiger charge is -2.20. The van der Waals surface area contributed by atoms with Crippen LogP contribution in [0.15, 0.2) is 24.3 Å². The Bertz CT molecular complexity index is 830. The first-order chi connectivity index (χ1) is 12.5. The Morgan fingerprint density at radius 3 is 2.85 bits per heavy atom. The number of ether oxygens (including phenoxy) is 1. The standard InChI is InChI=1S/C20H22ClNO3S/c1-3-12-8-9-15-16(10-12)26-19(17(15)20(24)25-4-2)22-18(23)13-6-5-7-14(21)11-13/h5-7,11-12H,3-4,8-10H2,1-2H3,(H,22,23). The molecule has 1 aromatic heterocycles. The molecule has 2 aromatic rings. The molecular weight excluding hydrogens is 370 g/mol. The van der Waals surface area contributed by atoms with Crippen LogP contribution in [0.1, 0.15) is 57.8 Å². The SMILES string of the molecule is CCOC(=O)c1c(NC(=O)c2cccc(Cl)c2)sc2c1CCC(CC)C2. The molecular formula is C20H22ClNO3S. The van der Waals surface area contributed by atoms with Gasteiger partial charge < -0.3 is 10.1 Å². The fraction of sp³-hybridized carbons (Fsp3) is 0.400. The summed E-state index contributed by atoms with van der Waals surface area (Å²) in [6.45, 7) is 4.29. The Morgan fingerprint density at radius 2 is 2.15 bits per heavy atom. The molecule has 0 fully saturated rings. The van der Waals surface area contributed by atoms with Crippen molar-refractivity contribution < 1.29 is 14.3 Å². The van der Waals surface area contributed by atoms with Crippen molar-refractivity contribution in [2.24, 2.45) is 5.92 Å². The van der Waals surface area contributed by atoms with Crippen LogP contribution >= 0.6 is 22.9 Å². The molecule has 3 rings (SSSR count). The van der Waals surface area contributed by atoms with Gasteiger partial charge >= 0.3 is 5.97 Å². The number of carbonyl (C=O) groups excluding carboxylic acids is 2. The third-order valence-electron chi connectivity index (χ3n) is 4.74. The van der Waals surface area contributed by atoms with Crippen LogP contribution in [0.4, 0.5) is 5.00 Å². The molecule has 1 heterocycles. The van der Waals surface area contributed by atoms with E-state index in [-0.39, 0.29) is 11.9 Å². The second-order valence-corrected chi connectivity index (χ2v) is 7.95. The molecule has 1 unspecified atom stereocenters. The van der Waals surface area contributed by atoms with Crippen molar-refractivity contribution in [2.75, 3.05) is 11.9 Å². The molecule has 0 spiro atoms. The predicted molar refractivity (Wildman–Crippen MR) is 105 cm³/mol. The van der Waals surface area contributed by atoms with Gasteiger partial charge in [-0.05, 0) is 55.9 Å². The van der Waals surface area contributed by atoms with Gasteiger partial charge in [0.05, 0.1) is 12.2 Å². The van der Waals surface area contributed by atoms with Gasteiger partial charge in [-0.2, -0.15) is 0 Å². The smallest absolute Gasteiger partial charge is 0.341 e. The maximum atomic E-state index is 12.6. The topological polar surface area (TPSA) is 55.4 Å². The quantitative estimate of drug-likeness (QED) is 0.699. The molecule has 1 aliphatic rings. The summed E-state index contributed by atoms with van der Waals surface area (Å²) in [7, 11) is 0. The summed E-state index contributed by atoms with van der Waals surface area (Å²) in [5, 5.41) is 3.98. The molecule has 0 aliphatic heterocycles. The Labute approximate surface area is 162 Å². The summed E-state index contributed by atoms with van der Waals surface area (Å²) in [6.07, 6.45) is 3.99. The number of thiophene rings is 1. The summed E-state index contributed by atoms with van der Waals surface area (Å²) >= 11 is 7.47. The number of halogens is 1. The summed E-state index contributed by atoms with van der Waals surface area (Å²) < 4.78 is 5.25. The highest BCUT2D eigenvalue weighted by molar-refractivity contribution is 7.17. The fourth-order valence-corrected chi connectivity index (χ4v) is 4.85. The van der Waals surface area contributed by atoms with Gasteiger partial charge in [0, 0.05) is 15.5 Å². The number of nitrogens with one attached hydrogen (secondary N) is 1. The molecule has 0 saturated heterocycles. The zero-order valence-electron chi connectivity index (χ0n) is 14.9. The number of fused-ring (bicyclic) bond motifs is 1. The van der Waals surface area contributed by atoms with E-state index < -0.39 is 0 Å². The van der Waals surface area contributed by atoms with E-state index in [1.54, 1.807) is 31.2 Å². The van der Waals surface area contributed by atoms with Gasteiger partial charge in [0.2, 0.25) is 0 Å². The summed E-state index contributed by atoms with van der Waals surface area (Å²) in [4.78, 5) is 26.3. The first kappa shape index (κ1) is 18.9. The van der Waals surface area contributed by atoms with Crippen molar-refractivity contribution in [3.63, 3.8) is 0 Å². The molecule has 0 bridgehead atoms. The largest absolute Gasteiger partial charge is 0.462 e. The molecule has 1 aromatic carbocycles. The third-order valence-corrected chi connectivity index (χ3v) is 6.14. The van der Waals surface area contributed by atoms with Gasteiger partial charge in [0.15, 0.2) is 0 Å². The highest BCUT2D eigenvalue weighted by Crippen LogP contribution is 2.41. The van der Waals surface area contributed by atoms with Gasteiger partial charge in [0.25, 0.3) is 5.91 Å². The molecule has 1 aliphatic carbocycles. The van der Waals surface area contributed by atoms with Gasteiger partial charge in [-0.25, -0.2) is 4.79 Å². The lowest BCUT2D eigenvalue weighted by atomic mass is 9.85. The Hall–Kier alpha value is -1.85. The molecule has 138 valence electrons. The second-order valence-electron chi connectivity index (χ2n) is 6.41. The van der Waals surface area contributed by atoms with E-state index in [9.17, 15) is 9.59 Å². The third kappa shape index (κ3) is 3.94. The zero-order chi connectivity index (χ0) is 18.7. The number of esters is 1. The van der Waals surface area contributed by atoms with Crippen molar-refractivity contribution in [3.8, 4) is 0 Å². The first-order valence-electron chi connectivity index (χ1n) is 8.92. The predicted octanol–water partition coefficient (Wildman–Crippen LogP) is 5.35. The lowest BCUT2D eigenvalue weighted by Crippen LogP contribution is -2.17. The molecule has 4 nitrogen and oxygen atoms in total. The van der Waals surface area contributed by atoms with Crippen molar-refractivity contribution >= 4 is 39.8 Å². The Balaban J connectivity index is 1.94. The summed E-state index contributed by atoms with van der Waals surface area (Å²) in [5.41, 5.74) is 2.03. The minimum Gasteiger partial charge on any atom is -0.462 e. The van der Waals surface area contributed by atoms with E-state index in [0.717, 1.165) is 31.2 Å². The molecule has 1 atom stereocenters. The number of amides is 1. The number of hydrogen-bond acceptors (Lipinski definition) is 4. The number of anilines is 1. The van der Waals surface area contributed by atoms with E-state index in [1.807, 2.05) is 0 Å². The van der Waals surface area contributed by atoms with Crippen LogP contribution in [0.3, 0.4) is 0 Å². The Kier molecular flexibility index (Phi) is 5.99. The van der Waals surface area contributed by atoms with Crippen molar-refractivity contribution in [2.45, 2.75) is 39.5 Å². The minimum atomic E-state index is -0.360. The molecule has 0 saturated carbocycles. The van der Waals surface area contributed by atoms with Gasteiger partial charge in [-0.15, -0.1) is 11.3 Å². The number of rotatable bonds is 5. The molecule has 26 heavy (non-hydrogen) atoms. The van der Waals surface area contributed by atoms with Crippen LogP contribution in [-0.2, 0) is 17.6 Å². The minimum absolute atomic E-state index is 0.274. The Morgan fingerprint density at radius 1 is 1.35 bits per heavy atom. The molecule has 0 radical (unpaired) electrons. The van der Waals surface area contributed by atoms with Crippen molar-refractivity contribution in [3.05, 3.63) is 50.9 Å². The van der Waals surface area contributed by atoms with E-state index in [2.05, 4.69) is 12.2 Å². The molecule has 1 N–H and O–H groups in total. The average molecular weight is 392 g/mol. The van der Waals surface area contributed by atoms with Crippen LogP contribution < -0.4 is 5.32 Å². The maximum absolute atomic E-state index is 12.6. The van der Waals surface area contributed by atoms with E-state index in [1.165, 1.54) is 16.2 Å². The highest BCUT2D eigenvalue weighted by atomic mass is 35.5.